The van der Waals surface area contributed by atoms with Gasteiger partial charge in [-0.2, -0.15) is 5.06 Å². The highest BCUT2D eigenvalue weighted by Gasteiger charge is 2.35. The maximum atomic E-state index is 12.7. The van der Waals surface area contributed by atoms with Crippen LogP contribution in [0.15, 0.2) is 78.4 Å². The number of hydrogen-bond acceptors (Lipinski definition) is 5. The van der Waals surface area contributed by atoms with Crippen LogP contribution in [0.2, 0.25) is 0 Å². The van der Waals surface area contributed by atoms with Gasteiger partial charge in [-0.25, -0.2) is 9.59 Å². The summed E-state index contributed by atoms with van der Waals surface area (Å²) in [7, 11) is 1.31. The fourth-order valence-electron chi connectivity index (χ4n) is 2.81. The van der Waals surface area contributed by atoms with Gasteiger partial charge in [0.2, 0.25) is 0 Å². The first kappa shape index (κ1) is 19.4. The molecule has 6 heteroatoms. The Kier molecular flexibility index (Phi) is 6.24. The molecule has 2 aromatic carbocycles. The Labute approximate surface area is 163 Å². The topological polar surface area (TPSA) is 65.1 Å². The van der Waals surface area contributed by atoms with Crippen LogP contribution in [-0.4, -0.2) is 30.3 Å². The Balaban J connectivity index is 1.88. The number of benzene rings is 2. The average molecular weight is 379 g/mol. The lowest BCUT2D eigenvalue weighted by Gasteiger charge is -2.19. The molecule has 0 N–H and O–H groups in total. The van der Waals surface area contributed by atoms with Crippen molar-refractivity contribution in [3.63, 3.8) is 0 Å². The molecule has 1 amide bonds. The number of hydrogen-bond donors (Lipinski definition) is 0. The van der Waals surface area contributed by atoms with Gasteiger partial charge in [0, 0.05) is 17.2 Å². The van der Waals surface area contributed by atoms with E-state index >= 15 is 0 Å². The number of rotatable bonds is 5. The molecule has 28 heavy (non-hydrogen) atoms. The fraction of sp³-hybridized carbons (Fsp3) is 0.182. The molecule has 1 atom stereocenters. The van der Waals surface area contributed by atoms with Gasteiger partial charge in [-0.3, -0.25) is 4.84 Å². The predicted octanol–water partition coefficient (Wildman–Crippen LogP) is 4.10. The quantitative estimate of drug-likeness (QED) is 0.578. The maximum absolute atomic E-state index is 12.7. The third kappa shape index (κ3) is 4.47. The van der Waals surface area contributed by atoms with Crippen molar-refractivity contribution in [3.05, 3.63) is 89.5 Å². The monoisotopic (exact) mass is 379 g/mol. The van der Waals surface area contributed by atoms with Crippen molar-refractivity contribution >= 4 is 17.8 Å². The van der Waals surface area contributed by atoms with Gasteiger partial charge in [0.05, 0.1) is 12.8 Å². The summed E-state index contributed by atoms with van der Waals surface area (Å²) in [4.78, 5) is 30.0. The molecule has 0 aliphatic carbocycles. The van der Waals surface area contributed by atoms with Gasteiger partial charge in [0.1, 0.15) is 12.7 Å². The van der Waals surface area contributed by atoms with Crippen molar-refractivity contribution in [3.8, 4) is 0 Å². The van der Waals surface area contributed by atoms with Gasteiger partial charge in [-0.15, -0.1) is 0 Å². The standard InChI is InChI=1S/C22H21NO5/c1-16-19(13-14-20(24)26-2)21(18-11-7-4-8-12-18)23(28-16)22(25)27-15-17-9-5-3-6-10-17/h3-14,16H,15H2,1-2H3/b14-13+. The van der Waals surface area contributed by atoms with Crippen LogP contribution < -0.4 is 0 Å². The zero-order valence-electron chi connectivity index (χ0n) is 15.7. The van der Waals surface area contributed by atoms with E-state index < -0.39 is 18.2 Å². The van der Waals surface area contributed by atoms with E-state index in [2.05, 4.69) is 4.74 Å². The van der Waals surface area contributed by atoms with Crippen LogP contribution in [0.3, 0.4) is 0 Å². The molecule has 0 saturated heterocycles. The van der Waals surface area contributed by atoms with Crippen molar-refractivity contribution in [1.82, 2.24) is 5.06 Å². The number of esters is 1. The molecule has 0 saturated carbocycles. The van der Waals surface area contributed by atoms with E-state index in [0.717, 1.165) is 16.2 Å². The first-order valence-corrected chi connectivity index (χ1v) is 8.83. The van der Waals surface area contributed by atoms with Gasteiger partial charge < -0.3 is 9.47 Å². The molecule has 0 aromatic heterocycles. The summed E-state index contributed by atoms with van der Waals surface area (Å²) < 4.78 is 10.1. The van der Waals surface area contributed by atoms with Gasteiger partial charge >= 0.3 is 12.1 Å². The molecule has 0 fully saturated rings. The molecule has 3 rings (SSSR count). The van der Waals surface area contributed by atoms with Gasteiger partial charge in [0.15, 0.2) is 0 Å². The third-order valence-electron chi connectivity index (χ3n) is 4.20. The van der Waals surface area contributed by atoms with Gasteiger partial charge in [-0.05, 0) is 18.6 Å². The Morgan fingerprint density at radius 3 is 2.36 bits per heavy atom. The Hall–Kier alpha value is -3.38. The number of amides is 1. The molecule has 1 heterocycles. The van der Waals surface area contributed by atoms with E-state index in [9.17, 15) is 9.59 Å². The summed E-state index contributed by atoms with van der Waals surface area (Å²) in [5.41, 5.74) is 2.85. The Morgan fingerprint density at radius 2 is 1.71 bits per heavy atom. The van der Waals surface area contributed by atoms with Crippen LogP contribution in [0.1, 0.15) is 18.1 Å². The Morgan fingerprint density at radius 1 is 1.07 bits per heavy atom. The van der Waals surface area contributed by atoms with Crippen molar-refractivity contribution in [1.29, 1.82) is 0 Å². The lowest BCUT2D eigenvalue weighted by molar-refractivity contribution is -0.134. The maximum Gasteiger partial charge on any atom is 0.439 e. The highest BCUT2D eigenvalue weighted by molar-refractivity contribution is 5.87. The second-order valence-corrected chi connectivity index (χ2v) is 6.11. The Bertz CT molecular complexity index is 890. The average Bonchev–Trinajstić information content (AvgIpc) is 3.07. The van der Waals surface area contributed by atoms with Crippen LogP contribution in [0.25, 0.3) is 5.70 Å². The second-order valence-electron chi connectivity index (χ2n) is 6.11. The minimum Gasteiger partial charge on any atom is -0.466 e. The molecule has 1 aliphatic heterocycles. The first-order valence-electron chi connectivity index (χ1n) is 8.83. The number of carbonyl (C=O) groups is 2. The van der Waals surface area contributed by atoms with Crippen LogP contribution in [0.5, 0.6) is 0 Å². The van der Waals surface area contributed by atoms with Crippen molar-refractivity contribution in [2.24, 2.45) is 0 Å². The zero-order chi connectivity index (χ0) is 19.9. The molecule has 1 unspecified atom stereocenters. The van der Waals surface area contributed by atoms with Crippen LogP contribution in [0.4, 0.5) is 4.79 Å². The normalized spacial score (nSPS) is 16.5. The highest BCUT2D eigenvalue weighted by atomic mass is 16.7. The number of hydroxylamine groups is 2. The molecule has 144 valence electrons. The number of carbonyl (C=O) groups excluding carboxylic acids is 2. The molecule has 2 aromatic rings. The number of methoxy groups -OCH3 is 1. The van der Waals surface area contributed by atoms with Crippen molar-refractivity contribution in [2.45, 2.75) is 19.6 Å². The highest BCUT2D eigenvalue weighted by Crippen LogP contribution is 2.35. The molecule has 6 nitrogen and oxygen atoms in total. The predicted molar refractivity (Wildman–Crippen MR) is 104 cm³/mol. The number of nitrogens with zero attached hydrogens (tertiary/aromatic N) is 1. The molecular weight excluding hydrogens is 358 g/mol. The summed E-state index contributed by atoms with van der Waals surface area (Å²) in [6.07, 6.45) is 1.83. The minimum atomic E-state index is -0.629. The summed E-state index contributed by atoms with van der Waals surface area (Å²) >= 11 is 0. The van der Waals surface area contributed by atoms with E-state index in [1.54, 1.807) is 13.0 Å². The van der Waals surface area contributed by atoms with Gasteiger partial charge in [-0.1, -0.05) is 60.7 Å². The molecule has 1 aliphatic rings. The lowest BCUT2D eigenvalue weighted by atomic mass is 10.0. The zero-order valence-corrected chi connectivity index (χ0v) is 15.7. The summed E-state index contributed by atoms with van der Waals surface area (Å²) in [6, 6.07) is 18.7. The SMILES string of the molecule is COC(=O)/C=C/C1=C(c2ccccc2)N(C(=O)OCc2ccccc2)OC1C. The fourth-order valence-corrected chi connectivity index (χ4v) is 2.81. The van der Waals surface area contributed by atoms with E-state index in [4.69, 9.17) is 9.57 Å². The molecule has 0 radical (unpaired) electrons. The molecule has 0 spiro atoms. The van der Waals surface area contributed by atoms with Crippen LogP contribution >= 0.6 is 0 Å². The van der Waals surface area contributed by atoms with Crippen molar-refractivity contribution < 1.29 is 23.9 Å². The lowest BCUT2D eigenvalue weighted by Crippen LogP contribution is -2.28. The van der Waals surface area contributed by atoms with Crippen LogP contribution in [-0.2, 0) is 25.7 Å². The van der Waals surface area contributed by atoms with E-state index in [1.165, 1.54) is 13.2 Å². The molecule has 0 bridgehead atoms. The van der Waals surface area contributed by atoms with E-state index in [0.29, 0.717) is 11.3 Å². The number of ether oxygens (including phenoxy) is 2. The first-order chi connectivity index (χ1) is 13.6. The molecular formula is C22H21NO5. The largest absolute Gasteiger partial charge is 0.466 e. The smallest absolute Gasteiger partial charge is 0.439 e. The summed E-state index contributed by atoms with van der Waals surface area (Å²) in [5, 5.41) is 1.14. The van der Waals surface area contributed by atoms with Gasteiger partial charge in [0.25, 0.3) is 0 Å². The van der Waals surface area contributed by atoms with Crippen LogP contribution in [0, 0.1) is 0 Å². The minimum absolute atomic E-state index is 0.128. The summed E-state index contributed by atoms with van der Waals surface area (Å²) in [6.45, 7) is 1.92. The van der Waals surface area contributed by atoms with Crippen molar-refractivity contribution in [2.75, 3.05) is 7.11 Å². The van der Waals surface area contributed by atoms with E-state index in [1.807, 2.05) is 60.7 Å². The summed E-state index contributed by atoms with van der Waals surface area (Å²) in [5.74, 6) is -0.489. The van der Waals surface area contributed by atoms with E-state index in [-0.39, 0.29) is 6.61 Å². The second kappa shape index (κ2) is 9.01. The third-order valence-corrected chi connectivity index (χ3v) is 4.20.